The molecule has 114 valence electrons. The third kappa shape index (κ3) is 3.73. The number of carbonyl (C=O) groups excluding carboxylic acids is 2. The molecule has 0 heterocycles. The van der Waals surface area contributed by atoms with Crippen LogP contribution in [0.1, 0.15) is 28.4 Å². The summed E-state index contributed by atoms with van der Waals surface area (Å²) < 4.78 is 0. The molecule has 2 N–H and O–H groups in total. The zero-order valence-corrected chi connectivity index (χ0v) is 13.1. The number of aryl methyl sites for hydroxylation is 1. The topological polar surface area (TPSA) is 58.2 Å². The SMILES string of the molecule is CC(=O)c1ccccc1NC(=O)CNc1cccc(C)c1C. The highest BCUT2D eigenvalue weighted by atomic mass is 16.2. The predicted octanol–water partition coefficient (Wildman–Crippen LogP) is 3.56. The van der Waals surface area contributed by atoms with E-state index in [9.17, 15) is 9.59 Å². The van der Waals surface area contributed by atoms with Gasteiger partial charge in [-0.2, -0.15) is 0 Å². The molecule has 0 saturated heterocycles. The molecule has 0 atom stereocenters. The van der Waals surface area contributed by atoms with Crippen LogP contribution in [0.15, 0.2) is 42.5 Å². The molecule has 0 aliphatic carbocycles. The van der Waals surface area contributed by atoms with E-state index in [1.54, 1.807) is 24.3 Å². The molecule has 0 spiro atoms. The molecule has 2 aromatic carbocycles. The summed E-state index contributed by atoms with van der Waals surface area (Å²) in [4.78, 5) is 23.6. The van der Waals surface area contributed by atoms with Crippen LogP contribution in [0.5, 0.6) is 0 Å². The minimum Gasteiger partial charge on any atom is -0.376 e. The number of rotatable bonds is 5. The lowest BCUT2D eigenvalue weighted by molar-refractivity contribution is -0.114. The molecule has 0 bridgehead atoms. The summed E-state index contributed by atoms with van der Waals surface area (Å²) in [5.74, 6) is -0.256. The van der Waals surface area contributed by atoms with Crippen molar-refractivity contribution in [2.45, 2.75) is 20.8 Å². The second-order valence-corrected chi connectivity index (χ2v) is 5.25. The Balaban J connectivity index is 2.02. The highest BCUT2D eigenvalue weighted by molar-refractivity contribution is 6.04. The maximum Gasteiger partial charge on any atom is 0.243 e. The summed E-state index contributed by atoms with van der Waals surface area (Å²) in [5, 5.41) is 5.90. The lowest BCUT2D eigenvalue weighted by Crippen LogP contribution is -2.23. The van der Waals surface area contributed by atoms with Gasteiger partial charge in [-0.15, -0.1) is 0 Å². The van der Waals surface area contributed by atoms with E-state index in [1.165, 1.54) is 12.5 Å². The van der Waals surface area contributed by atoms with Crippen molar-refractivity contribution in [3.8, 4) is 0 Å². The molecule has 0 aliphatic heterocycles. The second kappa shape index (κ2) is 6.89. The Morgan fingerprint density at radius 2 is 1.64 bits per heavy atom. The zero-order chi connectivity index (χ0) is 16.1. The molecular weight excluding hydrogens is 276 g/mol. The van der Waals surface area contributed by atoms with E-state index in [-0.39, 0.29) is 18.2 Å². The smallest absolute Gasteiger partial charge is 0.243 e. The highest BCUT2D eigenvalue weighted by Crippen LogP contribution is 2.18. The molecule has 1 amide bonds. The average Bonchev–Trinajstić information content (AvgIpc) is 2.49. The lowest BCUT2D eigenvalue weighted by atomic mass is 10.1. The van der Waals surface area contributed by atoms with Crippen molar-refractivity contribution < 1.29 is 9.59 Å². The van der Waals surface area contributed by atoms with Crippen molar-refractivity contribution in [1.29, 1.82) is 0 Å². The molecule has 0 aromatic heterocycles. The van der Waals surface area contributed by atoms with Crippen molar-refractivity contribution in [2.75, 3.05) is 17.2 Å². The van der Waals surface area contributed by atoms with Crippen molar-refractivity contribution in [1.82, 2.24) is 0 Å². The van der Waals surface area contributed by atoms with Crippen molar-refractivity contribution in [3.05, 3.63) is 59.2 Å². The van der Waals surface area contributed by atoms with Gasteiger partial charge in [0.1, 0.15) is 0 Å². The fraction of sp³-hybridized carbons (Fsp3) is 0.222. The summed E-state index contributed by atoms with van der Waals surface area (Å²) >= 11 is 0. The molecule has 0 radical (unpaired) electrons. The minimum absolute atomic E-state index is 0.0709. The lowest BCUT2D eigenvalue weighted by Gasteiger charge is -2.12. The van der Waals surface area contributed by atoms with Gasteiger partial charge in [0, 0.05) is 11.3 Å². The maximum absolute atomic E-state index is 12.1. The number of para-hydroxylation sites is 1. The van der Waals surface area contributed by atoms with Crippen LogP contribution in [0.25, 0.3) is 0 Å². The van der Waals surface area contributed by atoms with Crippen LogP contribution in [0.3, 0.4) is 0 Å². The molecule has 4 nitrogen and oxygen atoms in total. The van der Waals surface area contributed by atoms with Gasteiger partial charge in [0.2, 0.25) is 5.91 Å². The summed E-state index contributed by atoms with van der Waals surface area (Å²) in [6.45, 7) is 5.68. The summed E-state index contributed by atoms with van der Waals surface area (Å²) in [6, 6.07) is 12.9. The van der Waals surface area contributed by atoms with Gasteiger partial charge in [-0.1, -0.05) is 24.3 Å². The number of ketones is 1. The van der Waals surface area contributed by atoms with Crippen molar-refractivity contribution in [3.63, 3.8) is 0 Å². The second-order valence-electron chi connectivity index (χ2n) is 5.25. The van der Waals surface area contributed by atoms with Crippen molar-refractivity contribution >= 4 is 23.1 Å². The Hall–Kier alpha value is -2.62. The van der Waals surface area contributed by atoms with Crippen LogP contribution < -0.4 is 10.6 Å². The van der Waals surface area contributed by atoms with Gasteiger partial charge in [0.15, 0.2) is 5.78 Å². The fourth-order valence-electron chi connectivity index (χ4n) is 2.21. The molecule has 0 fully saturated rings. The maximum atomic E-state index is 12.1. The Morgan fingerprint density at radius 3 is 2.36 bits per heavy atom. The Kier molecular flexibility index (Phi) is 4.94. The first-order valence-electron chi connectivity index (χ1n) is 7.19. The molecule has 0 aliphatic rings. The van der Waals surface area contributed by atoms with Gasteiger partial charge in [-0.25, -0.2) is 0 Å². The summed E-state index contributed by atoms with van der Waals surface area (Å²) in [5.41, 5.74) is 4.30. The highest BCUT2D eigenvalue weighted by Gasteiger charge is 2.10. The fourth-order valence-corrected chi connectivity index (χ4v) is 2.21. The quantitative estimate of drug-likeness (QED) is 0.829. The Labute approximate surface area is 130 Å². The van der Waals surface area contributed by atoms with Crippen LogP contribution in [-0.2, 0) is 4.79 Å². The number of anilines is 2. The van der Waals surface area contributed by atoms with E-state index in [0.29, 0.717) is 11.3 Å². The number of Topliss-reactive ketones (excluding diaryl/α,β-unsaturated/α-hetero) is 1. The van der Waals surface area contributed by atoms with Crippen LogP contribution in [0.4, 0.5) is 11.4 Å². The van der Waals surface area contributed by atoms with Gasteiger partial charge < -0.3 is 10.6 Å². The third-order valence-electron chi connectivity index (χ3n) is 3.62. The molecule has 2 aromatic rings. The molecule has 0 saturated carbocycles. The van der Waals surface area contributed by atoms with E-state index >= 15 is 0 Å². The minimum atomic E-state index is -0.186. The van der Waals surface area contributed by atoms with E-state index in [1.807, 2.05) is 32.0 Å². The van der Waals surface area contributed by atoms with Crippen LogP contribution in [0, 0.1) is 13.8 Å². The molecule has 22 heavy (non-hydrogen) atoms. The third-order valence-corrected chi connectivity index (χ3v) is 3.62. The van der Waals surface area contributed by atoms with Gasteiger partial charge in [-0.3, -0.25) is 9.59 Å². The predicted molar refractivity (Wildman–Crippen MR) is 89.5 cm³/mol. The number of benzene rings is 2. The largest absolute Gasteiger partial charge is 0.376 e. The van der Waals surface area contributed by atoms with E-state index in [0.717, 1.165) is 11.3 Å². The standard InChI is InChI=1S/C18H20N2O2/c1-12-7-6-10-16(13(12)2)19-11-18(22)20-17-9-5-4-8-15(17)14(3)21/h4-10,19H,11H2,1-3H3,(H,20,22). The number of nitrogens with one attached hydrogen (secondary N) is 2. The zero-order valence-electron chi connectivity index (χ0n) is 13.1. The van der Waals surface area contributed by atoms with E-state index in [4.69, 9.17) is 0 Å². The van der Waals surface area contributed by atoms with Crippen molar-refractivity contribution in [2.24, 2.45) is 0 Å². The summed E-state index contributed by atoms with van der Waals surface area (Å²) in [7, 11) is 0. The number of amides is 1. The number of hydrogen-bond acceptors (Lipinski definition) is 3. The monoisotopic (exact) mass is 296 g/mol. The molecular formula is C18H20N2O2. The molecule has 2 rings (SSSR count). The summed E-state index contributed by atoms with van der Waals surface area (Å²) in [6.07, 6.45) is 0. The van der Waals surface area contributed by atoms with Gasteiger partial charge in [0.05, 0.1) is 12.2 Å². The van der Waals surface area contributed by atoms with Gasteiger partial charge >= 0.3 is 0 Å². The average molecular weight is 296 g/mol. The molecule has 4 heteroatoms. The van der Waals surface area contributed by atoms with E-state index in [2.05, 4.69) is 10.6 Å². The number of carbonyl (C=O) groups is 2. The van der Waals surface area contributed by atoms with E-state index < -0.39 is 0 Å². The first-order valence-corrected chi connectivity index (χ1v) is 7.19. The van der Waals surface area contributed by atoms with Crippen LogP contribution in [0.2, 0.25) is 0 Å². The van der Waals surface area contributed by atoms with Crippen LogP contribution >= 0.6 is 0 Å². The van der Waals surface area contributed by atoms with Crippen LogP contribution in [-0.4, -0.2) is 18.2 Å². The first kappa shape index (κ1) is 15.8. The molecule has 0 unspecified atom stereocenters. The first-order chi connectivity index (χ1) is 10.5. The van der Waals surface area contributed by atoms with Gasteiger partial charge in [-0.05, 0) is 50.1 Å². The number of hydrogen-bond donors (Lipinski definition) is 2. The Bertz CT molecular complexity index is 708. The Morgan fingerprint density at radius 1 is 0.955 bits per heavy atom. The van der Waals surface area contributed by atoms with Gasteiger partial charge in [0.25, 0.3) is 0 Å². The normalized spacial score (nSPS) is 10.1.